The minimum Gasteiger partial charge on any atom is -0.508 e. The Kier molecular flexibility index (Phi) is 6.22. The second kappa shape index (κ2) is 9.11. The van der Waals surface area contributed by atoms with Crippen LogP contribution in [0.5, 0.6) is 17.2 Å². The third-order valence-corrected chi connectivity index (χ3v) is 5.99. The van der Waals surface area contributed by atoms with Gasteiger partial charge in [0.05, 0.1) is 36.4 Å². The Hall–Kier alpha value is -3.97. The van der Waals surface area contributed by atoms with Gasteiger partial charge >= 0.3 is 0 Å². The molecule has 2 N–H and O–H groups in total. The minimum absolute atomic E-state index is 0.0279. The average molecular weight is 480 g/mol. The molecule has 3 aromatic rings. The molecule has 1 amide bonds. The summed E-state index contributed by atoms with van der Waals surface area (Å²) in [7, 11) is 2.82. The number of rotatable bonds is 5. The molecule has 1 fully saturated rings. The smallest absolute Gasteiger partial charge is 0.300 e. The summed E-state index contributed by atoms with van der Waals surface area (Å²) in [6.07, 6.45) is 0. The van der Waals surface area contributed by atoms with Crippen molar-refractivity contribution in [3.8, 4) is 17.2 Å². The molecule has 3 aromatic carbocycles. The first kappa shape index (κ1) is 23.2. The van der Waals surface area contributed by atoms with E-state index >= 15 is 0 Å². The van der Waals surface area contributed by atoms with Gasteiger partial charge in [-0.1, -0.05) is 41.4 Å². The van der Waals surface area contributed by atoms with Gasteiger partial charge in [-0.2, -0.15) is 0 Å². The third kappa shape index (κ3) is 3.95. The van der Waals surface area contributed by atoms with Crippen molar-refractivity contribution in [1.82, 2.24) is 0 Å². The number of ketones is 1. The molecule has 34 heavy (non-hydrogen) atoms. The quantitative estimate of drug-likeness (QED) is 0.304. The van der Waals surface area contributed by atoms with Gasteiger partial charge < -0.3 is 19.7 Å². The predicted molar refractivity (Wildman–Crippen MR) is 129 cm³/mol. The van der Waals surface area contributed by atoms with Crippen LogP contribution in [0.2, 0.25) is 5.02 Å². The summed E-state index contributed by atoms with van der Waals surface area (Å²) in [5, 5.41) is 21.4. The van der Waals surface area contributed by atoms with E-state index in [9.17, 15) is 19.8 Å². The van der Waals surface area contributed by atoms with E-state index in [0.717, 1.165) is 5.56 Å². The molecule has 7 nitrogen and oxygen atoms in total. The molecule has 0 spiro atoms. The van der Waals surface area contributed by atoms with Crippen LogP contribution in [0.4, 0.5) is 5.69 Å². The van der Waals surface area contributed by atoms with Gasteiger partial charge in [-0.25, -0.2) is 0 Å². The highest BCUT2D eigenvalue weighted by molar-refractivity contribution is 6.51. The molecule has 0 aromatic heterocycles. The lowest BCUT2D eigenvalue weighted by Gasteiger charge is -2.25. The number of aliphatic hydroxyl groups excluding tert-OH is 1. The van der Waals surface area contributed by atoms with Crippen LogP contribution >= 0.6 is 11.6 Å². The molecular weight excluding hydrogens is 458 g/mol. The van der Waals surface area contributed by atoms with E-state index in [1.807, 2.05) is 19.1 Å². The lowest BCUT2D eigenvalue weighted by molar-refractivity contribution is -0.132. The van der Waals surface area contributed by atoms with Crippen molar-refractivity contribution in [3.63, 3.8) is 0 Å². The molecule has 1 heterocycles. The topological polar surface area (TPSA) is 96.3 Å². The number of anilines is 1. The SMILES string of the molecule is COc1cc(/C(O)=C2\C(=O)C(=O)N(c3ccc(C)cc3)C2c2ccc(O)cc2)c(OC)cc1Cl. The van der Waals surface area contributed by atoms with E-state index in [1.165, 1.54) is 43.4 Å². The van der Waals surface area contributed by atoms with Crippen molar-refractivity contribution in [2.45, 2.75) is 13.0 Å². The highest BCUT2D eigenvalue weighted by Gasteiger charge is 2.47. The standard InChI is InChI=1S/C26H22ClNO6/c1-14-4-8-16(9-5-14)28-23(15-6-10-17(29)11-7-15)22(25(31)26(28)32)24(30)18-12-21(34-3)19(27)13-20(18)33-2/h4-13,23,29-30H,1-3H3/b24-22+. The second-order valence-electron chi connectivity index (χ2n) is 7.78. The lowest BCUT2D eigenvalue weighted by atomic mass is 9.94. The van der Waals surface area contributed by atoms with E-state index in [2.05, 4.69) is 0 Å². The van der Waals surface area contributed by atoms with Gasteiger partial charge in [-0.3, -0.25) is 14.5 Å². The maximum atomic E-state index is 13.3. The summed E-state index contributed by atoms with van der Waals surface area (Å²) in [6, 6.07) is 15.2. The van der Waals surface area contributed by atoms with E-state index < -0.39 is 23.5 Å². The van der Waals surface area contributed by atoms with Crippen LogP contribution in [-0.2, 0) is 9.59 Å². The van der Waals surface area contributed by atoms with E-state index in [4.69, 9.17) is 21.1 Å². The maximum absolute atomic E-state index is 13.3. The van der Waals surface area contributed by atoms with E-state index in [-0.39, 0.29) is 33.4 Å². The van der Waals surface area contributed by atoms with Crippen LogP contribution in [0.15, 0.2) is 66.2 Å². The first-order valence-electron chi connectivity index (χ1n) is 10.3. The maximum Gasteiger partial charge on any atom is 0.300 e. The monoisotopic (exact) mass is 479 g/mol. The number of benzene rings is 3. The molecule has 1 saturated heterocycles. The molecule has 1 aliphatic rings. The van der Waals surface area contributed by atoms with Gasteiger partial charge in [-0.05, 0) is 42.8 Å². The number of methoxy groups -OCH3 is 2. The van der Waals surface area contributed by atoms with Crippen molar-refractivity contribution < 1.29 is 29.3 Å². The summed E-state index contributed by atoms with van der Waals surface area (Å²) >= 11 is 6.20. The largest absolute Gasteiger partial charge is 0.508 e. The zero-order valence-electron chi connectivity index (χ0n) is 18.7. The molecule has 1 unspecified atom stereocenters. The number of ether oxygens (including phenoxy) is 2. The normalized spacial score (nSPS) is 17.2. The average Bonchev–Trinajstić information content (AvgIpc) is 3.10. The summed E-state index contributed by atoms with van der Waals surface area (Å²) in [5.41, 5.74) is 2.03. The molecule has 0 aliphatic carbocycles. The van der Waals surface area contributed by atoms with Gasteiger partial charge in [-0.15, -0.1) is 0 Å². The predicted octanol–water partition coefficient (Wildman–Crippen LogP) is 5.00. The number of carbonyl (C=O) groups excluding carboxylic acids is 2. The number of Topliss-reactive ketones (excluding diaryl/α,β-unsaturated/α-hetero) is 1. The molecule has 174 valence electrons. The summed E-state index contributed by atoms with van der Waals surface area (Å²) < 4.78 is 10.6. The Morgan fingerprint density at radius 3 is 2.15 bits per heavy atom. The van der Waals surface area contributed by atoms with Gasteiger partial charge in [0.25, 0.3) is 11.7 Å². The molecule has 4 rings (SSSR count). The van der Waals surface area contributed by atoms with Gasteiger partial charge in [0.2, 0.25) is 0 Å². The fourth-order valence-corrected chi connectivity index (χ4v) is 4.20. The summed E-state index contributed by atoms with van der Waals surface area (Å²) in [4.78, 5) is 27.8. The number of carbonyl (C=O) groups is 2. The number of halogens is 1. The zero-order chi connectivity index (χ0) is 24.6. The second-order valence-corrected chi connectivity index (χ2v) is 8.19. The molecule has 0 radical (unpaired) electrons. The van der Waals surface area contributed by atoms with Gasteiger partial charge in [0.1, 0.15) is 23.0 Å². The van der Waals surface area contributed by atoms with Crippen LogP contribution < -0.4 is 14.4 Å². The highest BCUT2D eigenvalue weighted by atomic mass is 35.5. The molecule has 1 atom stereocenters. The fourth-order valence-electron chi connectivity index (χ4n) is 3.97. The number of phenolic OH excluding ortho intramolecular Hbond substituents is 1. The zero-order valence-corrected chi connectivity index (χ0v) is 19.5. The number of hydrogen-bond donors (Lipinski definition) is 2. The Balaban J connectivity index is 1.99. The Bertz CT molecular complexity index is 1300. The van der Waals surface area contributed by atoms with Crippen LogP contribution in [0.25, 0.3) is 5.76 Å². The van der Waals surface area contributed by atoms with E-state index in [0.29, 0.717) is 11.3 Å². The number of nitrogens with zero attached hydrogens (tertiary/aromatic N) is 1. The van der Waals surface area contributed by atoms with E-state index in [1.54, 1.807) is 24.3 Å². The first-order valence-corrected chi connectivity index (χ1v) is 10.7. The Morgan fingerprint density at radius 2 is 1.56 bits per heavy atom. The van der Waals surface area contributed by atoms with Crippen LogP contribution in [0.1, 0.15) is 22.7 Å². The van der Waals surface area contributed by atoms with Crippen LogP contribution in [0.3, 0.4) is 0 Å². The lowest BCUT2D eigenvalue weighted by Crippen LogP contribution is -2.29. The van der Waals surface area contributed by atoms with Crippen molar-refractivity contribution in [2.24, 2.45) is 0 Å². The van der Waals surface area contributed by atoms with Crippen LogP contribution in [0, 0.1) is 6.92 Å². The Labute approximate surface area is 201 Å². The van der Waals surface area contributed by atoms with Gasteiger partial charge in [0.15, 0.2) is 0 Å². The summed E-state index contributed by atoms with van der Waals surface area (Å²) in [6.45, 7) is 1.91. The number of amides is 1. The Morgan fingerprint density at radius 1 is 0.941 bits per heavy atom. The number of aryl methyl sites for hydroxylation is 1. The molecule has 1 aliphatic heterocycles. The van der Waals surface area contributed by atoms with Crippen molar-refractivity contribution >= 4 is 34.7 Å². The minimum atomic E-state index is -0.949. The fraction of sp³-hybridized carbons (Fsp3) is 0.154. The molecule has 0 saturated carbocycles. The third-order valence-electron chi connectivity index (χ3n) is 5.69. The molecule has 0 bridgehead atoms. The van der Waals surface area contributed by atoms with Crippen LogP contribution in [-0.4, -0.2) is 36.1 Å². The number of aromatic hydroxyl groups is 1. The molecular formula is C26H22ClNO6. The van der Waals surface area contributed by atoms with Crippen molar-refractivity contribution in [1.29, 1.82) is 0 Å². The van der Waals surface area contributed by atoms with Crippen molar-refractivity contribution in [3.05, 3.63) is 87.9 Å². The summed E-state index contributed by atoms with van der Waals surface area (Å²) in [5.74, 6) is -1.58. The number of aliphatic hydroxyl groups is 1. The molecule has 8 heteroatoms. The number of hydrogen-bond acceptors (Lipinski definition) is 6. The first-order chi connectivity index (χ1) is 16.3. The van der Waals surface area contributed by atoms with Gasteiger partial charge in [0, 0.05) is 11.8 Å². The van der Waals surface area contributed by atoms with Crippen molar-refractivity contribution in [2.75, 3.05) is 19.1 Å². The number of phenols is 1. The highest BCUT2D eigenvalue weighted by Crippen LogP contribution is 2.45.